The van der Waals surface area contributed by atoms with Crippen LogP contribution in [0.2, 0.25) is 0 Å². The molecular weight excluding hydrogens is 366 g/mol. The first-order valence-corrected chi connectivity index (χ1v) is 10.8. The van der Waals surface area contributed by atoms with E-state index in [0.29, 0.717) is 30.0 Å². The Hall–Kier alpha value is -2.41. The minimum atomic E-state index is -0.600. The Morgan fingerprint density at radius 3 is 2.38 bits per heavy atom. The number of carbonyl (C=O) groups excluding carboxylic acids is 2. The van der Waals surface area contributed by atoms with Crippen LogP contribution >= 0.6 is 0 Å². The summed E-state index contributed by atoms with van der Waals surface area (Å²) in [7, 11) is 0. The number of nitrogens with zero attached hydrogens (tertiary/aromatic N) is 2. The SMILES string of the molecule is NCCc1c(C(N)=O)nc2cccc(C(=O)NCC34CC5CC(CC(C5)C3)C4)n12. The number of carbonyl (C=O) groups is 2. The third-order valence-electron chi connectivity index (χ3n) is 7.38. The molecule has 7 heteroatoms. The number of imidazole rings is 1. The Labute approximate surface area is 170 Å². The van der Waals surface area contributed by atoms with Crippen molar-refractivity contribution in [3.63, 3.8) is 0 Å². The molecule has 7 nitrogen and oxygen atoms in total. The van der Waals surface area contributed by atoms with Crippen molar-refractivity contribution >= 4 is 17.5 Å². The van der Waals surface area contributed by atoms with Crippen molar-refractivity contribution in [1.29, 1.82) is 0 Å². The highest BCUT2D eigenvalue weighted by atomic mass is 16.2. The number of rotatable bonds is 6. The number of amides is 2. The topological polar surface area (TPSA) is 116 Å². The Morgan fingerprint density at radius 2 is 1.79 bits per heavy atom. The summed E-state index contributed by atoms with van der Waals surface area (Å²) in [6.45, 7) is 1.08. The van der Waals surface area contributed by atoms with Gasteiger partial charge < -0.3 is 16.8 Å². The fourth-order valence-corrected chi connectivity index (χ4v) is 6.76. The van der Waals surface area contributed by atoms with Crippen molar-refractivity contribution < 1.29 is 9.59 Å². The van der Waals surface area contributed by atoms with Gasteiger partial charge in [-0.15, -0.1) is 0 Å². The zero-order valence-electron chi connectivity index (χ0n) is 16.7. The molecule has 29 heavy (non-hydrogen) atoms. The Bertz CT molecular complexity index is 944. The van der Waals surface area contributed by atoms with E-state index in [1.807, 2.05) is 0 Å². The number of pyridine rings is 1. The van der Waals surface area contributed by atoms with E-state index in [4.69, 9.17) is 11.5 Å². The van der Waals surface area contributed by atoms with Crippen LogP contribution in [-0.4, -0.2) is 34.3 Å². The first kappa shape index (κ1) is 18.6. The smallest absolute Gasteiger partial charge is 0.269 e. The lowest BCUT2D eigenvalue weighted by Crippen LogP contribution is -2.51. The molecule has 2 aromatic rings. The molecular formula is C22H29N5O2. The third-order valence-corrected chi connectivity index (χ3v) is 7.38. The van der Waals surface area contributed by atoms with Crippen molar-refractivity contribution in [3.8, 4) is 0 Å². The highest BCUT2D eigenvalue weighted by molar-refractivity contribution is 5.96. The standard InChI is InChI=1S/C22H29N5O2/c23-5-4-16-19(20(24)28)26-18-3-1-2-17(27(16)18)21(29)25-12-22-9-13-6-14(10-22)8-15(7-13)11-22/h1-3,13-15H,4-12,23H2,(H2,24,28)(H,25,29). The first-order valence-electron chi connectivity index (χ1n) is 10.8. The van der Waals surface area contributed by atoms with E-state index in [9.17, 15) is 9.59 Å². The predicted octanol–water partition coefficient (Wildman–Crippen LogP) is 1.88. The zero-order chi connectivity index (χ0) is 20.2. The van der Waals surface area contributed by atoms with Crippen LogP contribution in [0.25, 0.3) is 5.65 Å². The Balaban J connectivity index is 1.42. The quantitative estimate of drug-likeness (QED) is 0.692. The lowest BCUT2D eigenvalue weighted by molar-refractivity contribution is -0.0503. The summed E-state index contributed by atoms with van der Waals surface area (Å²) in [5.41, 5.74) is 13.3. The van der Waals surface area contributed by atoms with Gasteiger partial charge in [0, 0.05) is 13.0 Å². The van der Waals surface area contributed by atoms with Crippen LogP contribution in [0, 0.1) is 23.2 Å². The maximum Gasteiger partial charge on any atom is 0.269 e. The molecule has 0 aromatic carbocycles. The van der Waals surface area contributed by atoms with Gasteiger partial charge in [-0.3, -0.25) is 14.0 Å². The van der Waals surface area contributed by atoms with E-state index in [-0.39, 0.29) is 17.0 Å². The average Bonchev–Trinajstić information content (AvgIpc) is 3.04. The molecule has 4 saturated carbocycles. The van der Waals surface area contributed by atoms with Crippen LogP contribution in [0.15, 0.2) is 18.2 Å². The molecule has 0 atom stereocenters. The van der Waals surface area contributed by atoms with E-state index in [0.717, 1.165) is 24.3 Å². The molecule has 0 spiro atoms. The van der Waals surface area contributed by atoms with E-state index in [2.05, 4.69) is 10.3 Å². The van der Waals surface area contributed by atoms with Crippen LogP contribution in [0.1, 0.15) is 65.2 Å². The van der Waals surface area contributed by atoms with E-state index in [1.54, 1.807) is 22.6 Å². The molecule has 5 N–H and O–H groups in total. The lowest BCUT2D eigenvalue weighted by atomic mass is 9.49. The fourth-order valence-electron chi connectivity index (χ4n) is 6.76. The predicted molar refractivity (Wildman–Crippen MR) is 109 cm³/mol. The second-order valence-corrected chi connectivity index (χ2v) is 9.51. The van der Waals surface area contributed by atoms with Gasteiger partial charge in [0.15, 0.2) is 0 Å². The van der Waals surface area contributed by atoms with Gasteiger partial charge in [0.25, 0.3) is 11.8 Å². The highest BCUT2D eigenvalue weighted by Gasteiger charge is 2.50. The van der Waals surface area contributed by atoms with Crippen LogP contribution < -0.4 is 16.8 Å². The zero-order valence-corrected chi connectivity index (χ0v) is 16.7. The molecule has 6 rings (SSSR count). The number of hydrogen-bond acceptors (Lipinski definition) is 4. The molecule has 0 aliphatic heterocycles. The van der Waals surface area contributed by atoms with Gasteiger partial charge in [-0.2, -0.15) is 0 Å². The second kappa shape index (κ2) is 6.83. The molecule has 0 unspecified atom stereocenters. The number of nitrogens with one attached hydrogen (secondary N) is 1. The largest absolute Gasteiger partial charge is 0.364 e. The molecule has 154 valence electrons. The second-order valence-electron chi connectivity index (χ2n) is 9.51. The summed E-state index contributed by atoms with van der Waals surface area (Å²) >= 11 is 0. The van der Waals surface area contributed by atoms with Gasteiger partial charge in [-0.05, 0) is 80.4 Å². The Morgan fingerprint density at radius 1 is 1.14 bits per heavy atom. The van der Waals surface area contributed by atoms with E-state index >= 15 is 0 Å². The molecule has 2 aromatic heterocycles. The van der Waals surface area contributed by atoms with Gasteiger partial charge in [0.2, 0.25) is 0 Å². The van der Waals surface area contributed by atoms with Gasteiger partial charge in [0.1, 0.15) is 17.0 Å². The molecule has 4 aliphatic rings. The molecule has 4 fully saturated rings. The average molecular weight is 396 g/mol. The number of nitrogens with two attached hydrogens (primary N) is 2. The summed E-state index contributed by atoms with van der Waals surface area (Å²) in [5, 5.41) is 3.22. The molecule has 0 saturated heterocycles. The van der Waals surface area contributed by atoms with Crippen molar-refractivity contribution in [2.75, 3.05) is 13.1 Å². The van der Waals surface area contributed by atoms with E-state index in [1.165, 1.54) is 38.5 Å². The molecule has 2 heterocycles. The fraction of sp³-hybridized carbons (Fsp3) is 0.591. The van der Waals surface area contributed by atoms with Crippen LogP contribution in [0.3, 0.4) is 0 Å². The van der Waals surface area contributed by atoms with Crippen molar-refractivity contribution in [1.82, 2.24) is 14.7 Å². The molecule has 4 bridgehead atoms. The van der Waals surface area contributed by atoms with E-state index < -0.39 is 5.91 Å². The first-order chi connectivity index (χ1) is 14.0. The van der Waals surface area contributed by atoms with Gasteiger partial charge in [0.05, 0.1) is 5.69 Å². The highest BCUT2D eigenvalue weighted by Crippen LogP contribution is 2.59. The van der Waals surface area contributed by atoms with Crippen molar-refractivity contribution in [3.05, 3.63) is 35.3 Å². The summed E-state index contributed by atoms with van der Waals surface area (Å²) in [5.74, 6) is 1.83. The van der Waals surface area contributed by atoms with Crippen molar-refractivity contribution in [2.24, 2.45) is 34.6 Å². The van der Waals surface area contributed by atoms with Crippen LogP contribution in [0.5, 0.6) is 0 Å². The maximum atomic E-state index is 13.2. The minimum Gasteiger partial charge on any atom is -0.364 e. The Kier molecular flexibility index (Phi) is 4.38. The van der Waals surface area contributed by atoms with Crippen LogP contribution in [-0.2, 0) is 6.42 Å². The van der Waals surface area contributed by atoms with Gasteiger partial charge in [-0.25, -0.2) is 4.98 Å². The third kappa shape index (κ3) is 3.12. The number of hydrogen-bond donors (Lipinski definition) is 3. The number of primary amides is 1. The number of aromatic nitrogens is 2. The van der Waals surface area contributed by atoms with Crippen molar-refractivity contribution in [2.45, 2.75) is 44.9 Å². The summed E-state index contributed by atoms with van der Waals surface area (Å²) in [6, 6.07) is 5.34. The maximum absolute atomic E-state index is 13.2. The summed E-state index contributed by atoms with van der Waals surface area (Å²) in [4.78, 5) is 29.4. The summed E-state index contributed by atoms with van der Waals surface area (Å²) < 4.78 is 1.74. The van der Waals surface area contributed by atoms with Crippen LogP contribution in [0.4, 0.5) is 0 Å². The lowest BCUT2D eigenvalue weighted by Gasteiger charge is -2.56. The monoisotopic (exact) mass is 395 g/mol. The molecule has 2 amide bonds. The summed E-state index contributed by atoms with van der Waals surface area (Å²) in [6.07, 6.45) is 8.34. The number of fused-ring (bicyclic) bond motifs is 1. The van der Waals surface area contributed by atoms with Gasteiger partial charge >= 0.3 is 0 Å². The minimum absolute atomic E-state index is 0.127. The molecule has 0 radical (unpaired) electrons. The molecule has 4 aliphatic carbocycles. The van der Waals surface area contributed by atoms with Gasteiger partial charge in [-0.1, -0.05) is 6.07 Å². The normalized spacial score (nSPS) is 30.0.